The molecule has 8 rings (SSSR count). The van der Waals surface area contributed by atoms with Crippen molar-refractivity contribution < 1.29 is 73.9 Å². The minimum absolute atomic E-state index is 0. The first-order valence-electron chi connectivity index (χ1n) is 30.3. The normalized spacial score (nSPS) is 11.6. The summed E-state index contributed by atoms with van der Waals surface area (Å²) in [6, 6.07) is 45.2. The Labute approximate surface area is 596 Å². The zero-order chi connectivity index (χ0) is 73.2. The number of halogens is 3. The number of fused-ring (bicyclic) bond motifs is 3. The van der Waals surface area contributed by atoms with Crippen LogP contribution in [0.5, 0.6) is 0 Å². The Kier molecular flexibility index (Phi) is 32.2. The smallest absolute Gasteiger partial charge is 0.459 e. The Balaban J connectivity index is 0.000000346. The van der Waals surface area contributed by atoms with Gasteiger partial charge >= 0.3 is 32.1 Å². The number of carbonyl (C=O) groups excluding carboxylic acids is 3. The van der Waals surface area contributed by atoms with Gasteiger partial charge in [0.15, 0.2) is 0 Å². The van der Waals surface area contributed by atoms with Crippen LogP contribution in [0.15, 0.2) is 172 Å². The van der Waals surface area contributed by atoms with Gasteiger partial charge in [0, 0.05) is 114 Å². The quantitative estimate of drug-likeness (QED) is 0.0154. The van der Waals surface area contributed by atoms with E-state index in [1.807, 2.05) is 118 Å². The number of rotatable bonds is 18. The molecule has 0 spiro atoms. The standard InChI is InChI=1S/C25H31BN2O6S.C18H24N2O4S.C12H12ClNO2S.C7H8BBrO2.C6H13NO2.ClH/c1-25(2,3)34-24(29)17-28(16-18-10-6-7-13-21(18)26(30)31)35(32,33)23-15-9-11-19-20(23)12-8-14-22(19)27(4)5;1-18(2,3)24-17(21)12-19-25(22,23)16-11-7-8-13-14(16)9-6-10-15(13)20(4)5;1-14(2)11-7-3-6-10-9(11)5-4-8-12(10)17(13,15)16;9-5-6-3-1-2-4-7(6)8(10)11;1-6(2,3)9-5(8)4-7;/h6-15,30-31H,16-17H2,1-5H3;6-11,19H,12H2,1-5H3;3-8H,1-2H3;1-4,10-11H,5H2;4,7H2,1-3H3;1H. The summed E-state index contributed by atoms with van der Waals surface area (Å²) in [5.41, 5.74) is 7.86. The zero-order valence-electron chi connectivity index (χ0n) is 57.6. The summed E-state index contributed by atoms with van der Waals surface area (Å²) < 4.78 is 95.0. The van der Waals surface area contributed by atoms with Crippen molar-refractivity contribution in [3.8, 4) is 0 Å². The van der Waals surface area contributed by atoms with Crippen LogP contribution >= 0.6 is 39.0 Å². The van der Waals surface area contributed by atoms with Crippen molar-refractivity contribution >= 4 is 161 Å². The second-order valence-electron chi connectivity index (χ2n) is 25.3. The van der Waals surface area contributed by atoms with E-state index in [0.717, 1.165) is 43.1 Å². The van der Waals surface area contributed by atoms with Crippen molar-refractivity contribution in [3.05, 3.63) is 169 Å². The summed E-state index contributed by atoms with van der Waals surface area (Å²) >= 11 is 3.25. The average Bonchev–Trinajstić information content (AvgIpc) is 0.778. The Hall–Kier alpha value is -6.89. The molecule has 0 fully saturated rings. The van der Waals surface area contributed by atoms with Gasteiger partial charge in [-0.3, -0.25) is 14.4 Å². The van der Waals surface area contributed by atoms with Crippen molar-refractivity contribution in [1.29, 1.82) is 0 Å². The molecule has 0 saturated heterocycles. The monoisotopic (exact) mass is 1510 g/mol. The lowest BCUT2D eigenvalue weighted by atomic mass is 9.77. The molecule has 0 radical (unpaired) electrons. The lowest BCUT2D eigenvalue weighted by molar-refractivity contribution is -0.155. The molecule has 0 aliphatic heterocycles. The molecular formula is C68H89B2BrCl2N6O16S3. The molecule has 0 amide bonds. The van der Waals surface area contributed by atoms with E-state index in [-0.39, 0.29) is 51.6 Å². The Morgan fingerprint density at radius 3 is 1.18 bits per heavy atom. The summed E-state index contributed by atoms with van der Waals surface area (Å²) in [6.45, 7) is 14.5. The molecule has 0 aliphatic rings. The first-order chi connectivity index (χ1) is 44.9. The van der Waals surface area contributed by atoms with E-state index in [1.54, 1.807) is 135 Å². The zero-order valence-corrected chi connectivity index (χ0v) is 63.3. The number of alkyl halides is 1. The van der Waals surface area contributed by atoms with Crippen LogP contribution in [0.25, 0.3) is 32.3 Å². The predicted octanol–water partition coefficient (Wildman–Crippen LogP) is 8.45. The number of esters is 3. The van der Waals surface area contributed by atoms with E-state index in [0.29, 0.717) is 32.5 Å². The van der Waals surface area contributed by atoms with Gasteiger partial charge in [0.2, 0.25) is 20.0 Å². The number of nitrogens with one attached hydrogen (secondary N) is 1. The maximum Gasteiger partial charge on any atom is 0.488 e. The third-order valence-corrected chi connectivity index (χ3v) is 18.8. The maximum atomic E-state index is 14.0. The highest BCUT2D eigenvalue weighted by molar-refractivity contribution is 9.08. The first kappa shape index (κ1) is 85.3. The van der Waals surface area contributed by atoms with Gasteiger partial charge in [0.1, 0.15) is 29.9 Å². The van der Waals surface area contributed by atoms with Gasteiger partial charge in [-0.15, -0.1) is 12.4 Å². The number of hydrogen-bond donors (Lipinski definition) is 6. The molecule has 0 bridgehead atoms. The highest BCUT2D eigenvalue weighted by Crippen LogP contribution is 2.35. The third kappa shape index (κ3) is 25.7. The van der Waals surface area contributed by atoms with Gasteiger partial charge in [0.25, 0.3) is 9.05 Å². The summed E-state index contributed by atoms with van der Waals surface area (Å²) in [6.07, 6.45) is 0. The van der Waals surface area contributed by atoms with E-state index in [2.05, 4.69) is 20.7 Å². The minimum Gasteiger partial charge on any atom is -0.459 e. The molecule has 8 aromatic carbocycles. The molecule has 30 heteroatoms. The molecule has 0 unspecified atom stereocenters. The van der Waals surface area contributed by atoms with E-state index >= 15 is 0 Å². The van der Waals surface area contributed by atoms with Crippen LogP contribution in [-0.4, -0.2) is 161 Å². The number of anilines is 3. The first-order valence-corrected chi connectivity index (χ1v) is 36.6. The number of sulfonamides is 2. The predicted molar refractivity (Wildman–Crippen MR) is 400 cm³/mol. The fourth-order valence-corrected chi connectivity index (χ4v) is 13.9. The summed E-state index contributed by atoms with van der Waals surface area (Å²) in [4.78, 5) is 41.1. The third-order valence-electron chi connectivity index (χ3n) is 13.5. The summed E-state index contributed by atoms with van der Waals surface area (Å²) in [7, 11) is 1.86. The largest absolute Gasteiger partial charge is 0.488 e. The fraction of sp³-hybridized carbons (Fsp3) is 0.338. The summed E-state index contributed by atoms with van der Waals surface area (Å²) in [5.74, 6) is -1.69. The Bertz CT molecular complexity index is 4360. The molecule has 8 aromatic rings. The van der Waals surface area contributed by atoms with Crippen LogP contribution in [0, 0.1) is 0 Å². The van der Waals surface area contributed by atoms with Crippen LogP contribution in [-0.2, 0) is 69.6 Å². The molecule has 0 aromatic heterocycles. The molecule has 0 atom stereocenters. The molecule has 0 heterocycles. The second-order valence-corrected chi connectivity index (χ2v) is 32.1. The highest BCUT2D eigenvalue weighted by Gasteiger charge is 2.33. The van der Waals surface area contributed by atoms with Gasteiger partial charge in [-0.2, -0.15) is 9.03 Å². The molecule has 532 valence electrons. The Morgan fingerprint density at radius 2 is 0.816 bits per heavy atom. The van der Waals surface area contributed by atoms with E-state index in [1.165, 1.54) is 24.3 Å². The van der Waals surface area contributed by atoms with Crippen molar-refractivity contribution in [2.24, 2.45) is 5.73 Å². The molecular weight excluding hydrogens is 1430 g/mol. The van der Waals surface area contributed by atoms with Crippen LogP contribution in [0.1, 0.15) is 73.4 Å². The summed E-state index contributed by atoms with van der Waals surface area (Å²) in [5, 5.41) is 42.2. The van der Waals surface area contributed by atoms with Gasteiger partial charge in [-0.1, -0.05) is 137 Å². The lowest BCUT2D eigenvalue weighted by Crippen LogP contribution is -2.41. The number of carbonyl (C=O) groups is 3. The van der Waals surface area contributed by atoms with E-state index < -0.39 is 85.2 Å². The van der Waals surface area contributed by atoms with Gasteiger partial charge in [-0.25, -0.2) is 25.3 Å². The highest BCUT2D eigenvalue weighted by atomic mass is 79.9. The average molecular weight is 1520 g/mol. The second kappa shape index (κ2) is 37.0. The van der Waals surface area contributed by atoms with Gasteiger partial charge in [0.05, 0.1) is 21.2 Å². The van der Waals surface area contributed by atoms with Gasteiger partial charge < -0.3 is 54.7 Å². The number of benzene rings is 8. The molecule has 22 nitrogen and oxygen atoms in total. The number of hydrogen-bond acceptors (Lipinski definition) is 20. The van der Waals surface area contributed by atoms with Crippen LogP contribution in [0.4, 0.5) is 17.1 Å². The molecule has 0 saturated carbocycles. The van der Waals surface area contributed by atoms with E-state index in [9.17, 15) is 49.7 Å². The lowest BCUT2D eigenvalue weighted by Gasteiger charge is -2.26. The Morgan fingerprint density at radius 1 is 0.480 bits per heavy atom. The molecule has 0 aliphatic carbocycles. The van der Waals surface area contributed by atoms with Crippen molar-refractivity contribution in [2.75, 3.05) is 76.6 Å². The number of nitrogens with two attached hydrogens (primary N) is 1. The molecule has 7 N–H and O–H groups in total. The van der Waals surface area contributed by atoms with Crippen molar-refractivity contribution in [2.45, 2.75) is 106 Å². The minimum atomic E-state index is -4.21. The van der Waals surface area contributed by atoms with E-state index in [4.69, 9.17) is 40.7 Å². The number of nitrogens with zero attached hydrogens (tertiary/aromatic N) is 4. The van der Waals surface area contributed by atoms with Crippen LogP contribution in [0.2, 0.25) is 0 Å². The SMILES string of the molecule is CC(C)(C)OC(=O)CN.CN(C)c1cccc2c(S(=O)(=O)Cl)cccc12.CN(C)c1cccc2c(S(=O)(=O)N(CC(=O)OC(C)(C)C)Cc3ccccc3B(O)O)cccc12.CN(C)c1cccc2c(S(=O)(=O)NCC(=O)OC(C)(C)C)cccc12.Cl.OB(O)c1ccccc1CBr. The maximum absolute atomic E-state index is 14.0. The van der Waals surface area contributed by atoms with Crippen LogP contribution in [0.3, 0.4) is 0 Å². The fourth-order valence-electron chi connectivity index (χ4n) is 9.54. The van der Waals surface area contributed by atoms with Gasteiger partial charge in [-0.05, 0) is 121 Å². The molecule has 98 heavy (non-hydrogen) atoms. The van der Waals surface area contributed by atoms with Crippen LogP contribution < -0.4 is 36.1 Å². The topological polar surface area (TPSA) is 313 Å². The van der Waals surface area contributed by atoms with Crippen molar-refractivity contribution in [1.82, 2.24) is 9.03 Å². The number of ether oxygens (including phenoxy) is 3. The van der Waals surface area contributed by atoms with Crippen molar-refractivity contribution in [3.63, 3.8) is 0 Å².